The van der Waals surface area contributed by atoms with Crippen molar-refractivity contribution < 1.29 is 4.79 Å². The van der Waals surface area contributed by atoms with Crippen molar-refractivity contribution in [3.05, 3.63) is 48.2 Å². The predicted octanol–water partition coefficient (Wildman–Crippen LogP) is 3.98. The van der Waals surface area contributed by atoms with Gasteiger partial charge in [0.15, 0.2) is 0 Å². The Balaban J connectivity index is 1.57. The highest BCUT2D eigenvalue weighted by Gasteiger charge is 2.19. The Morgan fingerprint density at radius 3 is 2.37 bits per heavy atom. The molecule has 0 radical (unpaired) electrons. The van der Waals surface area contributed by atoms with E-state index < -0.39 is 0 Å². The number of pyridine rings is 1. The third-order valence-corrected chi connectivity index (χ3v) is 5.65. The van der Waals surface area contributed by atoms with Crippen molar-refractivity contribution in [2.24, 2.45) is 0 Å². The molecule has 1 amide bonds. The van der Waals surface area contributed by atoms with Crippen LogP contribution in [0.1, 0.15) is 31.1 Å². The Bertz CT molecular complexity index is 738. The molecule has 5 nitrogen and oxygen atoms in total. The molecule has 0 spiro atoms. The summed E-state index contributed by atoms with van der Waals surface area (Å²) in [6, 6.07) is 12.3. The maximum Gasteiger partial charge on any atom is 0.255 e. The molecule has 27 heavy (non-hydrogen) atoms. The fourth-order valence-electron chi connectivity index (χ4n) is 3.21. The third kappa shape index (κ3) is 5.23. The maximum atomic E-state index is 12.5. The first-order valence-corrected chi connectivity index (χ1v) is 10.5. The predicted molar refractivity (Wildman–Crippen MR) is 114 cm³/mol. The molecular weight excluding hydrogens is 356 g/mol. The zero-order valence-corrected chi connectivity index (χ0v) is 17.1. The van der Waals surface area contributed by atoms with E-state index >= 15 is 0 Å². The topological polar surface area (TPSA) is 48.5 Å². The van der Waals surface area contributed by atoms with Crippen LogP contribution in [0.4, 0.5) is 11.4 Å². The summed E-state index contributed by atoms with van der Waals surface area (Å²) >= 11 is 1.68. The zero-order valence-electron chi connectivity index (χ0n) is 16.3. The van der Waals surface area contributed by atoms with Crippen LogP contribution in [0.25, 0.3) is 0 Å². The number of nitrogens with one attached hydrogen (secondary N) is 1. The van der Waals surface area contributed by atoms with Crippen LogP contribution in [0.5, 0.6) is 0 Å². The van der Waals surface area contributed by atoms with Crippen LogP contribution >= 0.6 is 11.8 Å². The van der Waals surface area contributed by atoms with E-state index in [-0.39, 0.29) is 5.91 Å². The minimum absolute atomic E-state index is 0.108. The van der Waals surface area contributed by atoms with Gasteiger partial charge < -0.3 is 10.2 Å². The molecule has 1 aromatic carbocycles. The number of carbonyl (C=O) groups excluding carboxylic acids is 1. The van der Waals surface area contributed by atoms with Gasteiger partial charge in [0.25, 0.3) is 5.91 Å². The number of carbonyl (C=O) groups is 1. The molecule has 0 unspecified atom stereocenters. The minimum atomic E-state index is -0.108. The van der Waals surface area contributed by atoms with E-state index in [1.807, 2.05) is 36.4 Å². The summed E-state index contributed by atoms with van der Waals surface area (Å²) < 4.78 is 0. The summed E-state index contributed by atoms with van der Waals surface area (Å²) in [6.45, 7) is 10.8. The Hall–Kier alpha value is -2.05. The van der Waals surface area contributed by atoms with Crippen LogP contribution < -0.4 is 10.2 Å². The second-order valence-corrected chi connectivity index (χ2v) is 8.22. The number of hydrogen-bond donors (Lipinski definition) is 1. The summed E-state index contributed by atoms with van der Waals surface area (Å²) in [5, 5.41) is 3.88. The van der Waals surface area contributed by atoms with Gasteiger partial charge in [0, 0.05) is 43.5 Å². The number of rotatable bonds is 6. The van der Waals surface area contributed by atoms with E-state index in [0.717, 1.165) is 37.0 Å². The lowest BCUT2D eigenvalue weighted by Crippen LogP contribution is -2.48. The summed E-state index contributed by atoms with van der Waals surface area (Å²) in [4.78, 5) is 21.7. The van der Waals surface area contributed by atoms with Crippen molar-refractivity contribution in [1.29, 1.82) is 0 Å². The average Bonchev–Trinajstić information content (AvgIpc) is 2.70. The molecule has 1 N–H and O–H groups in total. The number of benzene rings is 1. The second kappa shape index (κ2) is 9.24. The van der Waals surface area contributed by atoms with Crippen molar-refractivity contribution in [2.75, 3.05) is 42.1 Å². The van der Waals surface area contributed by atoms with E-state index in [9.17, 15) is 4.79 Å². The number of piperazine rings is 1. The fourth-order valence-corrected chi connectivity index (χ4v) is 3.80. The fraction of sp³-hybridized carbons (Fsp3) is 0.429. The first kappa shape index (κ1) is 19.7. The van der Waals surface area contributed by atoms with Gasteiger partial charge in [-0.1, -0.05) is 6.92 Å². The number of aromatic nitrogens is 1. The van der Waals surface area contributed by atoms with Crippen molar-refractivity contribution >= 4 is 29.0 Å². The van der Waals surface area contributed by atoms with Gasteiger partial charge in [-0.05, 0) is 56.0 Å². The van der Waals surface area contributed by atoms with Gasteiger partial charge in [0.05, 0.1) is 16.9 Å². The lowest BCUT2D eigenvalue weighted by molar-refractivity contribution is 0.102. The molecule has 1 aliphatic rings. The van der Waals surface area contributed by atoms with Crippen LogP contribution in [-0.2, 0) is 0 Å². The van der Waals surface area contributed by atoms with E-state index in [1.165, 1.54) is 5.69 Å². The molecule has 0 bridgehead atoms. The number of thioether (sulfide) groups is 1. The molecule has 2 aromatic rings. The highest BCUT2D eigenvalue weighted by atomic mass is 32.2. The first-order valence-electron chi connectivity index (χ1n) is 9.56. The highest BCUT2D eigenvalue weighted by molar-refractivity contribution is 7.99. The molecule has 1 fully saturated rings. The van der Waals surface area contributed by atoms with Crippen LogP contribution in [0.2, 0.25) is 0 Å². The molecule has 1 aliphatic heterocycles. The normalized spacial score (nSPS) is 15.2. The summed E-state index contributed by atoms with van der Waals surface area (Å²) in [5.74, 6) is 0.876. The standard InChI is InChI=1S/C21H28N4OS/c1-4-27-20-10-7-18(15-22-20)23-21(26)17-5-8-19(9-6-17)25-13-11-24(12-14-25)16(2)3/h5-10,15-16H,4,11-14H2,1-3H3,(H,23,26). The number of anilines is 2. The summed E-state index contributed by atoms with van der Waals surface area (Å²) in [6.07, 6.45) is 1.71. The molecule has 144 valence electrons. The largest absolute Gasteiger partial charge is 0.369 e. The summed E-state index contributed by atoms with van der Waals surface area (Å²) in [7, 11) is 0. The molecule has 1 saturated heterocycles. The Morgan fingerprint density at radius 1 is 1.11 bits per heavy atom. The van der Waals surface area contributed by atoms with Crippen molar-refractivity contribution in [3.63, 3.8) is 0 Å². The molecule has 0 aliphatic carbocycles. The molecular formula is C21H28N4OS. The SMILES string of the molecule is CCSc1ccc(NC(=O)c2ccc(N3CCN(C(C)C)CC3)cc2)cn1. The van der Waals surface area contributed by atoms with Gasteiger partial charge in [0.2, 0.25) is 0 Å². The molecule has 1 aromatic heterocycles. The van der Waals surface area contributed by atoms with Gasteiger partial charge >= 0.3 is 0 Å². The van der Waals surface area contributed by atoms with Crippen LogP contribution in [0.15, 0.2) is 47.6 Å². The van der Waals surface area contributed by atoms with E-state index in [0.29, 0.717) is 17.3 Å². The van der Waals surface area contributed by atoms with Crippen LogP contribution in [-0.4, -0.2) is 53.8 Å². The quantitative estimate of drug-likeness (QED) is 0.764. The Morgan fingerprint density at radius 2 is 1.81 bits per heavy atom. The van der Waals surface area contributed by atoms with Crippen molar-refractivity contribution in [2.45, 2.75) is 31.8 Å². The average molecular weight is 385 g/mol. The molecule has 0 saturated carbocycles. The number of nitrogens with zero attached hydrogens (tertiary/aromatic N) is 3. The van der Waals surface area contributed by atoms with E-state index in [4.69, 9.17) is 0 Å². The van der Waals surface area contributed by atoms with Crippen LogP contribution in [0, 0.1) is 0 Å². The molecule has 6 heteroatoms. The van der Waals surface area contributed by atoms with Gasteiger partial charge in [0.1, 0.15) is 0 Å². The van der Waals surface area contributed by atoms with E-state index in [1.54, 1.807) is 18.0 Å². The second-order valence-electron chi connectivity index (χ2n) is 6.94. The van der Waals surface area contributed by atoms with E-state index in [2.05, 4.69) is 40.9 Å². The number of hydrogen-bond acceptors (Lipinski definition) is 5. The van der Waals surface area contributed by atoms with Crippen molar-refractivity contribution in [3.8, 4) is 0 Å². The van der Waals surface area contributed by atoms with Gasteiger partial charge in [-0.15, -0.1) is 11.8 Å². The van der Waals surface area contributed by atoms with Gasteiger partial charge in [-0.2, -0.15) is 0 Å². The Kier molecular flexibility index (Phi) is 6.74. The molecule has 0 atom stereocenters. The zero-order chi connectivity index (χ0) is 19.2. The monoisotopic (exact) mass is 384 g/mol. The number of amides is 1. The van der Waals surface area contributed by atoms with Gasteiger partial charge in [-0.25, -0.2) is 4.98 Å². The van der Waals surface area contributed by atoms with Crippen LogP contribution in [0.3, 0.4) is 0 Å². The highest BCUT2D eigenvalue weighted by Crippen LogP contribution is 2.20. The Labute approximate surface area is 166 Å². The van der Waals surface area contributed by atoms with Gasteiger partial charge in [-0.3, -0.25) is 9.69 Å². The smallest absolute Gasteiger partial charge is 0.255 e. The minimum Gasteiger partial charge on any atom is -0.369 e. The third-order valence-electron chi connectivity index (χ3n) is 4.83. The molecule has 3 rings (SSSR count). The maximum absolute atomic E-state index is 12.5. The van der Waals surface area contributed by atoms with Crippen molar-refractivity contribution in [1.82, 2.24) is 9.88 Å². The lowest BCUT2D eigenvalue weighted by atomic mass is 10.1. The summed E-state index contributed by atoms with van der Waals surface area (Å²) in [5.41, 5.74) is 2.55. The molecule has 2 heterocycles. The lowest BCUT2D eigenvalue weighted by Gasteiger charge is -2.38. The first-order chi connectivity index (χ1) is 13.1.